The summed E-state index contributed by atoms with van der Waals surface area (Å²) in [5, 5.41) is 3.02. The molecule has 174 valence electrons. The molecule has 2 heterocycles. The highest BCUT2D eigenvalue weighted by Gasteiger charge is 2.27. The van der Waals surface area contributed by atoms with Crippen molar-refractivity contribution in [3.8, 4) is 11.5 Å². The number of carbonyl (C=O) groups excluding carboxylic acids is 2. The third kappa shape index (κ3) is 4.38. The summed E-state index contributed by atoms with van der Waals surface area (Å²) in [5.41, 5.74) is -0.253. The maximum absolute atomic E-state index is 13.5. The number of ketones is 1. The van der Waals surface area contributed by atoms with E-state index in [4.69, 9.17) is 25.5 Å². The molecule has 0 bridgehead atoms. The van der Waals surface area contributed by atoms with Crippen molar-refractivity contribution in [3.05, 3.63) is 86.7 Å². The Balaban J connectivity index is 1.83. The summed E-state index contributed by atoms with van der Waals surface area (Å²) in [7, 11) is 4.69. The maximum Gasteiger partial charge on any atom is 0.288 e. The lowest BCUT2D eigenvalue weighted by molar-refractivity contribution is 0.0910. The Morgan fingerprint density at radius 2 is 1.88 bits per heavy atom. The molecule has 0 atom stereocenters. The highest BCUT2D eigenvalue weighted by Crippen LogP contribution is 2.29. The highest BCUT2D eigenvalue weighted by atomic mass is 35.5. The Morgan fingerprint density at radius 1 is 1.12 bits per heavy atom. The van der Waals surface area contributed by atoms with Gasteiger partial charge in [-0.3, -0.25) is 14.4 Å². The van der Waals surface area contributed by atoms with Crippen molar-refractivity contribution in [1.29, 1.82) is 0 Å². The van der Waals surface area contributed by atoms with Gasteiger partial charge in [0, 0.05) is 23.8 Å². The van der Waals surface area contributed by atoms with Gasteiger partial charge in [0.1, 0.15) is 11.1 Å². The number of ether oxygens (including phenoxy) is 2. The van der Waals surface area contributed by atoms with Gasteiger partial charge in [0.25, 0.3) is 5.91 Å². The third-order valence-electron chi connectivity index (χ3n) is 5.12. The molecule has 2 aromatic carbocycles. The van der Waals surface area contributed by atoms with Crippen LogP contribution in [0.4, 0.5) is 0 Å². The van der Waals surface area contributed by atoms with Crippen molar-refractivity contribution >= 4 is 34.3 Å². The molecule has 1 amide bonds. The average Bonchev–Trinajstić information content (AvgIpc) is 3.26. The zero-order chi connectivity index (χ0) is 24.4. The number of aromatic nitrogens is 2. The fourth-order valence-electron chi connectivity index (χ4n) is 3.46. The second-order valence-corrected chi connectivity index (χ2v) is 7.82. The molecule has 4 rings (SSSR count). The minimum Gasteiger partial charge on any atom is -0.493 e. The predicted molar refractivity (Wildman–Crippen MR) is 125 cm³/mol. The van der Waals surface area contributed by atoms with E-state index in [1.54, 1.807) is 24.1 Å². The minimum atomic E-state index is -0.733. The zero-order valence-electron chi connectivity index (χ0n) is 18.5. The highest BCUT2D eigenvalue weighted by molar-refractivity contribution is 6.31. The van der Waals surface area contributed by atoms with E-state index in [-0.39, 0.29) is 28.1 Å². The van der Waals surface area contributed by atoms with Crippen LogP contribution in [0.3, 0.4) is 0 Å². The third-order valence-corrected chi connectivity index (χ3v) is 5.35. The summed E-state index contributed by atoms with van der Waals surface area (Å²) in [4.78, 5) is 44.1. The van der Waals surface area contributed by atoms with Crippen LogP contribution >= 0.6 is 11.6 Å². The number of aryl methyl sites for hydroxylation is 1. The number of halogens is 1. The molecule has 34 heavy (non-hydrogen) atoms. The lowest BCUT2D eigenvalue weighted by atomic mass is 9.99. The first kappa shape index (κ1) is 23.1. The lowest BCUT2D eigenvalue weighted by Crippen LogP contribution is -2.29. The van der Waals surface area contributed by atoms with Crippen LogP contribution in [0, 0.1) is 0 Å². The van der Waals surface area contributed by atoms with E-state index in [1.807, 2.05) is 0 Å². The second-order valence-electron chi connectivity index (χ2n) is 7.39. The molecule has 0 aliphatic rings. The van der Waals surface area contributed by atoms with Gasteiger partial charge in [-0.1, -0.05) is 11.6 Å². The van der Waals surface area contributed by atoms with Crippen molar-refractivity contribution in [3.63, 3.8) is 0 Å². The van der Waals surface area contributed by atoms with Gasteiger partial charge in [-0.15, -0.1) is 0 Å². The largest absolute Gasteiger partial charge is 0.493 e. The summed E-state index contributed by atoms with van der Waals surface area (Å²) >= 11 is 6.05. The number of hydrogen-bond donors (Lipinski definition) is 1. The van der Waals surface area contributed by atoms with E-state index < -0.39 is 28.4 Å². The van der Waals surface area contributed by atoms with Crippen molar-refractivity contribution < 1.29 is 23.5 Å². The SMILES string of the molecule is COc1ccc(C(=O)c2c(C(=O)NCc3cn(C)cn3)oc3ccc(Cl)cc3c2=O)cc1OC. The number of rotatable bonds is 7. The molecule has 4 aromatic rings. The standard InChI is InChI=1S/C24H20ClN3O6/c1-28-11-15(27-12-28)10-26-24(31)23-20(22(30)16-9-14(25)5-7-17(16)34-23)21(29)13-4-6-18(32-2)19(8-13)33-3/h4-9,11-12H,10H2,1-3H3,(H,26,31). The quantitative estimate of drug-likeness (QED) is 0.403. The number of nitrogens with zero attached hydrogens (tertiary/aromatic N) is 2. The second kappa shape index (κ2) is 9.40. The molecule has 2 aromatic heterocycles. The van der Waals surface area contributed by atoms with Crippen LogP contribution in [0.2, 0.25) is 5.02 Å². The number of imidazole rings is 1. The number of nitrogens with one attached hydrogen (secondary N) is 1. The van der Waals surface area contributed by atoms with E-state index in [9.17, 15) is 14.4 Å². The van der Waals surface area contributed by atoms with Gasteiger partial charge in [-0.25, -0.2) is 4.98 Å². The number of fused-ring (bicyclic) bond motifs is 1. The Hall–Kier alpha value is -4.11. The van der Waals surface area contributed by atoms with Crippen LogP contribution in [0.15, 0.2) is 58.1 Å². The summed E-state index contributed by atoms with van der Waals surface area (Å²) in [6, 6.07) is 8.83. The summed E-state index contributed by atoms with van der Waals surface area (Å²) < 4.78 is 18.0. The van der Waals surface area contributed by atoms with Crippen molar-refractivity contribution in [2.75, 3.05) is 14.2 Å². The Bertz CT molecular complexity index is 1470. The molecule has 0 fully saturated rings. The minimum absolute atomic E-state index is 0.0754. The monoisotopic (exact) mass is 481 g/mol. The zero-order valence-corrected chi connectivity index (χ0v) is 19.3. The molecular formula is C24H20ClN3O6. The van der Waals surface area contributed by atoms with Crippen molar-refractivity contribution in [2.45, 2.75) is 6.54 Å². The van der Waals surface area contributed by atoms with Crippen LogP contribution in [-0.4, -0.2) is 35.5 Å². The van der Waals surface area contributed by atoms with Crippen LogP contribution < -0.4 is 20.2 Å². The van der Waals surface area contributed by atoms with E-state index in [0.717, 1.165) is 0 Å². The predicted octanol–water partition coefficient (Wildman–Crippen LogP) is 3.36. The van der Waals surface area contributed by atoms with Gasteiger partial charge in [-0.2, -0.15) is 0 Å². The van der Waals surface area contributed by atoms with E-state index in [2.05, 4.69) is 10.3 Å². The number of benzene rings is 2. The van der Waals surface area contributed by atoms with E-state index in [1.165, 1.54) is 50.6 Å². The molecule has 0 unspecified atom stereocenters. The normalized spacial score (nSPS) is 10.8. The first-order valence-electron chi connectivity index (χ1n) is 10.1. The maximum atomic E-state index is 13.5. The van der Waals surface area contributed by atoms with Crippen LogP contribution in [-0.2, 0) is 13.6 Å². The Kier molecular flexibility index (Phi) is 6.38. The number of amides is 1. The fourth-order valence-corrected chi connectivity index (χ4v) is 3.64. The fraction of sp³-hybridized carbons (Fsp3) is 0.167. The molecule has 0 saturated heterocycles. The topological polar surface area (TPSA) is 113 Å². The van der Waals surface area contributed by atoms with E-state index >= 15 is 0 Å². The molecular weight excluding hydrogens is 462 g/mol. The Morgan fingerprint density at radius 3 is 2.56 bits per heavy atom. The summed E-state index contributed by atoms with van der Waals surface area (Å²) in [5.74, 6) is -1.15. The van der Waals surface area contributed by atoms with Gasteiger partial charge in [0.2, 0.25) is 17.0 Å². The Labute approximate surface area is 198 Å². The molecule has 10 heteroatoms. The first-order valence-corrected chi connectivity index (χ1v) is 10.5. The molecule has 9 nitrogen and oxygen atoms in total. The van der Waals surface area contributed by atoms with Gasteiger partial charge < -0.3 is 23.8 Å². The van der Waals surface area contributed by atoms with Gasteiger partial charge >= 0.3 is 0 Å². The average molecular weight is 482 g/mol. The van der Waals surface area contributed by atoms with Gasteiger partial charge in [0.05, 0.1) is 38.2 Å². The molecule has 0 aliphatic carbocycles. The number of methoxy groups -OCH3 is 2. The number of carbonyl (C=O) groups is 2. The van der Waals surface area contributed by atoms with Crippen LogP contribution in [0.5, 0.6) is 11.5 Å². The first-order chi connectivity index (χ1) is 16.3. The summed E-state index contributed by atoms with van der Waals surface area (Å²) in [6.07, 6.45) is 3.32. The number of hydrogen-bond acceptors (Lipinski definition) is 7. The molecule has 0 spiro atoms. The summed E-state index contributed by atoms with van der Waals surface area (Å²) in [6.45, 7) is 0.0754. The molecule has 1 N–H and O–H groups in total. The van der Waals surface area contributed by atoms with Crippen molar-refractivity contribution in [1.82, 2.24) is 14.9 Å². The smallest absolute Gasteiger partial charge is 0.288 e. The van der Waals surface area contributed by atoms with Crippen LogP contribution in [0.25, 0.3) is 11.0 Å². The van der Waals surface area contributed by atoms with Crippen LogP contribution in [0.1, 0.15) is 32.2 Å². The molecule has 0 saturated carbocycles. The molecule has 0 aliphatic heterocycles. The van der Waals surface area contributed by atoms with Crippen molar-refractivity contribution in [2.24, 2.45) is 7.05 Å². The van der Waals surface area contributed by atoms with Gasteiger partial charge in [0.15, 0.2) is 11.5 Å². The molecule has 0 radical (unpaired) electrons. The van der Waals surface area contributed by atoms with E-state index in [0.29, 0.717) is 17.2 Å². The lowest BCUT2D eigenvalue weighted by Gasteiger charge is -2.12. The van der Waals surface area contributed by atoms with Gasteiger partial charge in [-0.05, 0) is 36.4 Å².